The van der Waals surface area contributed by atoms with E-state index in [0.717, 1.165) is 4.57 Å². The van der Waals surface area contributed by atoms with Crippen molar-refractivity contribution < 1.29 is 46.2 Å². The van der Waals surface area contributed by atoms with Crippen LogP contribution in [0.2, 0.25) is 0 Å². The van der Waals surface area contributed by atoms with Gasteiger partial charge in [0.15, 0.2) is 12.2 Å². The average molecular weight is 392 g/mol. The Morgan fingerprint density at radius 1 is 1.35 bits per heavy atom. The van der Waals surface area contributed by atoms with Crippen LogP contribution in [0.25, 0.3) is 11.3 Å². The fourth-order valence-corrected chi connectivity index (χ4v) is 2.01. The number of pyridine rings is 1. The van der Waals surface area contributed by atoms with Crippen LogP contribution in [0.4, 0.5) is 8.78 Å². The van der Waals surface area contributed by atoms with Gasteiger partial charge in [-0.1, -0.05) is 23.7 Å². The third kappa shape index (κ3) is 4.95. The molecule has 0 saturated heterocycles. The average Bonchev–Trinajstić information content (AvgIpc) is 2.50. The molecular formula is C16H13F2N2O2Y-. The van der Waals surface area contributed by atoms with Crippen molar-refractivity contribution in [3.05, 3.63) is 52.3 Å². The Hall–Kier alpha value is -1.58. The second-order valence-electron chi connectivity index (χ2n) is 4.60. The first kappa shape index (κ1) is 19.5. The van der Waals surface area contributed by atoms with Crippen LogP contribution in [-0.2, 0) is 39.3 Å². The molecule has 1 aromatic carbocycles. The van der Waals surface area contributed by atoms with Gasteiger partial charge in [-0.25, -0.2) is 8.78 Å². The maximum Gasteiger partial charge on any atom is 0.256 e. The minimum Gasteiger partial charge on any atom is -0.479 e. The van der Waals surface area contributed by atoms with Crippen LogP contribution in [-0.4, -0.2) is 17.6 Å². The van der Waals surface area contributed by atoms with Crippen molar-refractivity contribution in [1.82, 2.24) is 4.57 Å². The van der Waals surface area contributed by atoms with E-state index in [9.17, 15) is 13.6 Å². The zero-order valence-corrected chi connectivity index (χ0v) is 15.3. The van der Waals surface area contributed by atoms with E-state index < -0.39 is 18.5 Å². The van der Waals surface area contributed by atoms with Gasteiger partial charge < -0.3 is 9.30 Å². The molecular weight excluding hydrogens is 379 g/mol. The Morgan fingerprint density at radius 3 is 2.57 bits per heavy atom. The Bertz CT molecular complexity index is 752. The van der Waals surface area contributed by atoms with Gasteiger partial charge in [0.05, 0.1) is 6.54 Å². The number of nitriles is 1. The predicted molar refractivity (Wildman–Crippen MR) is 76.8 cm³/mol. The molecule has 2 aromatic rings. The van der Waals surface area contributed by atoms with Crippen molar-refractivity contribution in [1.29, 1.82) is 5.26 Å². The van der Waals surface area contributed by atoms with E-state index in [1.165, 1.54) is 6.07 Å². The van der Waals surface area contributed by atoms with E-state index in [-0.39, 0.29) is 39.3 Å². The number of aryl methyl sites for hydroxylation is 1. The number of aromatic nitrogens is 1. The van der Waals surface area contributed by atoms with Crippen LogP contribution < -0.4 is 10.3 Å². The third-order valence-electron chi connectivity index (χ3n) is 3.03. The molecule has 1 aromatic heterocycles. The molecule has 0 amide bonds. The Balaban J connectivity index is 0.00000264. The molecule has 0 saturated carbocycles. The van der Waals surface area contributed by atoms with Gasteiger partial charge >= 0.3 is 0 Å². The molecule has 0 fully saturated rings. The van der Waals surface area contributed by atoms with Crippen molar-refractivity contribution >= 4 is 0 Å². The SMILES string of the molecule is Cc1c[c-]c(-c2ccc(OCC#N)cc2)n(CC(F)F)c1=O.[Y]. The standard InChI is InChI=1S/C16H13F2N2O2.Y/c1-11-2-7-14(20(16(11)21)10-15(17)18)12-3-5-13(6-4-12)22-9-8-19;/h2-6,15H,9-10H2,1H3;/q-1;. The summed E-state index contributed by atoms with van der Waals surface area (Å²) in [4.78, 5) is 12.1. The van der Waals surface area contributed by atoms with E-state index in [2.05, 4.69) is 6.07 Å². The van der Waals surface area contributed by atoms with Crippen LogP contribution in [0.5, 0.6) is 5.75 Å². The van der Waals surface area contributed by atoms with Crippen molar-refractivity contribution in [2.24, 2.45) is 0 Å². The molecule has 0 aliphatic heterocycles. The number of alkyl halides is 2. The Morgan fingerprint density at radius 2 is 2.00 bits per heavy atom. The quantitative estimate of drug-likeness (QED) is 0.736. The fourth-order valence-electron chi connectivity index (χ4n) is 2.01. The molecule has 0 spiro atoms. The minimum atomic E-state index is -2.63. The molecule has 117 valence electrons. The summed E-state index contributed by atoms with van der Waals surface area (Å²) < 4.78 is 31.6. The molecule has 0 N–H and O–H groups in total. The predicted octanol–water partition coefficient (Wildman–Crippen LogP) is 2.79. The van der Waals surface area contributed by atoms with Crippen LogP contribution >= 0.6 is 0 Å². The third-order valence-corrected chi connectivity index (χ3v) is 3.03. The Labute approximate surface area is 157 Å². The molecule has 1 radical (unpaired) electrons. The largest absolute Gasteiger partial charge is 0.479 e. The number of rotatable bonds is 5. The van der Waals surface area contributed by atoms with Crippen molar-refractivity contribution in [3.63, 3.8) is 0 Å². The zero-order valence-electron chi connectivity index (χ0n) is 12.4. The second kappa shape index (κ2) is 8.90. The van der Waals surface area contributed by atoms with Gasteiger partial charge in [-0.15, -0.1) is 12.1 Å². The van der Waals surface area contributed by atoms with Gasteiger partial charge in [0, 0.05) is 32.7 Å². The van der Waals surface area contributed by atoms with E-state index in [4.69, 9.17) is 10.00 Å². The molecule has 0 aliphatic rings. The molecule has 0 bridgehead atoms. The number of ether oxygens (including phenoxy) is 1. The van der Waals surface area contributed by atoms with Crippen LogP contribution in [0.3, 0.4) is 0 Å². The summed E-state index contributed by atoms with van der Waals surface area (Å²) in [7, 11) is 0. The molecule has 4 nitrogen and oxygen atoms in total. The topological polar surface area (TPSA) is 55.0 Å². The van der Waals surface area contributed by atoms with Crippen LogP contribution in [0, 0.1) is 24.3 Å². The molecule has 0 unspecified atom stereocenters. The van der Waals surface area contributed by atoms with Gasteiger partial charge in [-0.05, 0) is 12.1 Å². The van der Waals surface area contributed by atoms with Gasteiger partial charge in [-0.2, -0.15) is 17.4 Å². The molecule has 0 aliphatic carbocycles. The first-order chi connectivity index (χ1) is 10.5. The maximum absolute atomic E-state index is 12.7. The molecule has 23 heavy (non-hydrogen) atoms. The Kier molecular flexibility index (Phi) is 7.53. The van der Waals surface area contributed by atoms with Crippen LogP contribution in [0.1, 0.15) is 5.56 Å². The van der Waals surface area contributed by atoms with Crippen molar-refractivity contribution in [2.45, 2.75) is 19.9 Å². The van der Waals surface area contributed by atoms with E-state index in [1.54, 1.807) is 31.2 Å². The fraction of sp³-hybridized carbons (Fsp3) is 0.250. The minimum absolute atomic E-state index is 0. The van der Waals surface area contributed by atoms with Crippen molar-refractivity contribution in [3.8, 4) is 23.1 Å². The summed E-state index contributed by atoms with van der Waals surface area (Å²) in [5.74, 6) is 0.486. The van der Waals surface area contributed by atoms with Gasteiger partial charge in [0.2, 0.25) is 0 Å². The van der Waals surface area contributed by atoms with Gasteiger partial charge in [-0.3, -0.25) is 4.79 Å². The summed E-state index contributed by atoms with van der Waals surface area (Å²) in [5, 5.41) is 8.45. The summed E-state index contributed by atoms with van der Waals surface area (Å²) in [5.41, 5.74) is 0.766. The maximum atomic E-state index is 12.7. The summed E-state index contributed by atoms with van der Waals surface area (Å²) >= 11 is 0. The summed E-state index contributed by atoms with van der Waals surface area (Å²) in [6.45, 7) is 0.800. The smallest absolute Gasteiger partial charge is 0.256 e. The normalized spacial score (nSPS) is 10.0. The van der Waals surface area contributed by atoms with Crippen molar-refractivity contribution in [2.75, 3.05) is 6.61 Å². The first-order valence-electron chi connectivity index (χ1n) is 6.53. The van der Waals surface area contributed by atoms with Gasteiger partial charge in [0.1, 0.15) is 11.8 Å². The first-order valence-corrected chi connectivity index (χ1v) is 6.53. The van der Waals surface area contributed by atoms with E-state index >= 15 is 0 Å². The molecule has 1 heterocycles. The summed E-state index contributed by atoms with van der Waals surface area (Å²) in [6, 6.07) is 12.7. The molecule has 2 rings (SSSR count). The van der Waals surface area contributed by atoms with Crippen LogP contribution in [0.15, 0.2) is 35.1 Å². The number of hydrogen-bond acceptors (Lipinski definition) is 3. The molecule has 0 atom stereocenters. The second-order valence-corrected chi connectivity index (χ2v) is 4.60. The number of nitrogens with zero attached hydrogens (tertiary/aromatic N) is 2. The number of hydrogen-bond donors (Lipinski definition) is 0. The monoisotopic (exact) mass is 392 g/mol. The van der Waals surface area contributed by atoms with Gasteiger partial charge in [0.25, 0.3) is 6.43 Å². The molecule has 7 heteroatoms. The summed E-state index contributed by atoms with van der Waals surface area (Å²) in [6.07, 6.45) is -2.63. The number of halogens is 2. The van der Waals surface area contributed by atoms with E-state index in [1.807, 2.05) is 6.07 Å². The number of benzene rings is 1. The van der Waals surface area contributed by atoms with E-state index in [0.29, 0.717) is 22.6 Å². The zero-order chi connectivity index (χ0) is 16.1.